The summed E-state index contributed by atoms with van der Waals surface area (Å²) < 4.78 is 109. The molecule has 0 radical (unpaired) electrons. The SMILES string of the molecule is CCCCC1CC2CC(C3CCC(c4cc(F)c(C(F)(F)Oc5cc(F)c(F)c(F)c5)c(F)c4)OC3)CC2C1. The lowest BCUT2D eigenvalue weighted by molar-refractivity contribution is -0.189. The van der Waals surface area contributed by atoms with Gasteiger partial charge in [-0.25, -0.2) is 22.0 Å². The number of rotatable bonds is 8. The fourth-order valence-electron chi connectivity index (χ4n) is 7.16. The molecule has 0 aromatic heterocycles. The third kappa shape index (κ3) is 5.93. The Bertz CT molecular complexity index is 1120. The minimum atomic E-state index is -4.61. The third-order valence-electron chi connectivity index (χ3n) is 9.02. The van der Waals surface area contributed by atoms with E-state index in [2.05, 4.69) is 11.7 Å². The summed E-state index contributed by atoms with van der Waals surface area (Å²) in [5, 5.41) is 0. The van der Waals surface area contributed by atoms with Crippen LogP contribution in [0.1, 0.15) is 81.9 Å². The molecule has 2 aliphatic carbocycles. The highest BCUT2D eigenvalue weighted by molar-refractivity contribution is 5.32. The molecule has 0 spiro atoms. The summed E-state index contributed by atoms with van der Waals surface area (Å²) in [5.41, 5.74) is -1.61. The summed E-state index contributed by atoms with van der Waals surface area (Å²) in [6.07, 6.45) is 5.04. The van der Waals surface area contributed by atoms with Crippen LogP contribution in [0.4, 0.5) is 30.7 Å². The molecule has 2 aromatic rings. The number of ether oxygens (including phenoxy) is 2. The van der Waals surface area contributed by atoms with E-state index < -0.39 is 52.6 Å². The van der Waals surface area contributed by atoms with Gasteiger partial charge in [0.2, 0.25) is 0 Å². The van der Waals surface area contributed by atoms with Gasteiger partial charge in [0.1, 0.15) is 22.9 Å². The maximum atomic E-state index is 14.8. The van der Waals surface area contributed by atoms with Crippen LogP contribution in [-0.2, 0) is 10.8 Å². The second kappa shape index (κ2) is 11.3. The number of unbranched alkanes of at least 4 members (excludes halogenated alkanes) is 1. The third-order valence-corrected chi connectivity index (χ3v) is 9.02. The van der Waals surface area contributed by atoms with Crippen LogP contribution in [0.15, 0.2) is 24.3 Å². The van der Waals surface area contributed by atoms with E-state index in [1.54, 1.807) is 0 Å². The van der Waals surface area contributed by atoms with Gasteiger partial charge in [0.05, 0.1) is 12.7 Å². The Hall–Kier alpha value is -2.29. The van der Waals surface area contributed by atoms with Gasteiger partial charge in [-0.2, -0.15) is 8.78 Å². The van der Waals surface area contributed by atoms with Crippen LogP contribution in [0.2, 0.25) is 0 Å². The quantitative estimate of drug-likeness (QED) is 0.238. The summed E-state index contributed by atoms with van der Waals surface area (Å²) in [6.45, 7) is 2.69. The lowest BCUT2D eigenvalue weighted by Gasteiger charge is -2.33. The van der Waals surface area contributed by atoms with Crippen molar-refractivity contribution in [3.63, 3.8) is 0 Å². The first-order valence-electron chi connectivity index (χ1n) is 13.9. The minimum Gasteiger partial charge on any atom is -0.429 e. The van der Waals surface area contributed by atoms with Gasteiger partial charge in [0.15, 0.2) is 17.5 Å². The lowest BCUT2D eigenvalue weighted by atomic mass is 9.82. The predicted molar refractivity (Wildman–Crippen MR) is 131 cm³/mol. The standard InChI is InChI=1S/C30H33F7O2/c1-2-3-4-16-7-18-9-20(10-19(18)8-16)17-5-6-27(38-15-17)21-11-23(31)28(24(32)12-21)30(36,37)39-22-13-25(33)29(35)26(34)14-22/h11-14,16-20,27H,2-10,15H2,1H3. The monoisotopic (exact) mass is 558 g/mol. The van der Waals surface area contributed by atoms with Crippen molar-refractivity contribution in [3.05, 3.63) is 64.5 Å². The molecule has 1 aliphatic heterocycles. The molecule has 2 nitrogen and oxygen atoms in total. The maximum absolute atomic E-state index is 14.8. The average molecular weight is 559 g/mol. The molecule has 1 heterocycles. The van der Waals surface area contributed by atoms with E-state index >= 15 is 0 Å². The largest absolute Gasteiger partial charge is 0.432 e. The molecule has 2 saturated carbocycles. The first kappa shape index (κ1) is 28.2. The highest BCUT2D eigenvalue weighted by atomic mass is 19.3. The van der Waals surface area contributed by atoms with Gasteiger partial charge < -0.3 is 9.47 Å². The molecule has 3 fully saturated rings. The van der Waals surface area contributed by atoms with Crippen molar-refractivity contribution >= 4 is 0 Å². The van der Waals surface area contributed by atoms with Crippen molar-refractivity contribution < 1.29 is 40.2 Å². The lowest BCUT2D eigenvalue weighted by Crippen LogP contribution is -2.28. The Morgan fingerprint density at radius 2 is 1.38 bits per heavy atom. The molecule has 0 bridgehead atoms. The van der Waals surface area contributed by atoms with Gasteiger partial charge in [0, 0.05) is 12.1 Å². The molecule has 1 saturated heterocycles. The van der Waals surface area contributed by atoms with E-state index in [9.17, 15) is 30.7 Å². The Labute approximate surface area is 223 Å². The topological polar surface area (TPSA) is 18.5 Å². The van der Waals surface area contributed by atoms with Crippen molar-refractivity contribution in [1.29, 1.82) is 0 Å². The van der Waals surface area contributed by atoms with Crippen LogP contribution in [0.5, 0.6) is 5.75 Å². The molecular formula is C30H33F7O2. The Kier molecular flexibility index (Phi) is 8.18. The minimum absolute atomic E-state index is 0.101. The van der Waals surface area contributed by atoms with E-state index in [4.69, 9.17) is 4.74 Å². The number of halogens is 7. The second-order valence-electron chi connectivity index (χ2n) is 11.6. The van der Waals surface area contributed by atoms with Crippen LogP contribution < -0.4 is 4.74 Å². The van der Waals surface area contributed by atoms with E-state index in [1.807, 2.05) is 0 Å². The van der Waals surface area contributed by atoms with Crippen LogP contribution in [0.3, 0.4) is 0 Å². The number of hydrogen-bond donors (Lipinski definition) is 0. The second-order valence-corrected chi connectivity index (χ2v) is 11.6. The summed E-state index contributed by atoms with van der Waals surface area (Å²) in [4.78, 5) is 0. The van der Waals surface area contributed by atoms with Crippen LogP contribution in [-0.4, -0.2) is 6.61 Å². The first-order chi connectivity index (χ1) is 18.6. The predicted octanol–water partition coefficient (Wildman–Crippen LogP) is 9.22. The van der Waals surface area contributed by atoms with E-state index in [1.165, 1.54) is 44.9 Å². The molecule has 9 heteroatoms. The van der Waals surface area contributed by atoms with Crippen LogP contribution >= 0.6 is 0 Å². The molecule has 0 amide bonds. The summed E-state index contributed by atoms with van der Waals surface area (Å²) in [5.74, 6) is -6.31. The number of benzene rings is 2. The van der Waals surface area contributed by atoms with E-state index in [-0.39, 0.29) is 17.7 Å². The van der Waals surface area contributed by atoms with Crippen LogP contribution in [0.25, 0.3) is 0 Å². The van der Waals surface area contributed by atoms with Crippen molar-refractivity contribution in [2.45, 2.75) is 76.9 Å². The summed E-state index contributed by atoms with van der Waals surface area (Å²) >= 11 is 0. The first-order valence-corrected chi connectivity index (χ1v) is 13.9. The zero-order valence-electron chi connectivity index (χ0n) is 21.8. The van der Waals surface area contributed by atoms with Gasteiger partial charge in [0.25, 0.3) is 0 Å². The summed E-state index contributed by atoms with van der Waals surface area (Å²) in [7, 11) is 0. The van der Waals surface area contributed by atoms with Crippen LogP contribution in [0, 0.1) is 58.7 Å². The Morgan fingerprint density at radius 1 is 0.795 bits per heavy atom. The number of alkyl halides is 2. The zero-order chi connectivity index (χ0) is 27.9. The molecule has 2 aromatic carbocycles. The molecule has 0 N–H and O–H groups in total. The highest BCUT2D eigenvalue weighted by Gasteiger charge is 2.45. The number of fused-ring (bicyclic) bond motifs is 1. The zero-order valence-corrected chi connectivity index (χ0v) is 21.8. The molecule has 4 atom stereocenters. The molecular weight excluding hydrogens is 525 g/mol. The van der Waals surface area contributed by atoms with Gasteiger partial charge in [-0.1, -0.05) is 26.2 Å². The Morgan fingerprint density at radius 3 is 1.92 bits per heavy atom. The van der Waals surface area contributed by atoms with E-state index in [0.717, 1.165) is 36.3 Å². The van der Waals surface area contributed by atoms with Crippen molar-refractivity contribution in [2.24, 2.45) is 29.6 Å². The smallest absolute Gasteiger partial charge is 0.429 e. The molecule has 4 unspecified atom stereocenters. The fourth-order valence-corrected chi connectivity index (χ4v) is 7.16. The highest BCUT2D eigenvalue weighted by Crippen LogP contribution is 2.53. The summed E-state index contributed by atoms with van der Waals surface area (Å²) in [6, 6.07) is 1.90. The van der Waals surface area contributed by atoms with Gasteiger partial charge >= 0.3 is 6.11 Å². The molecule has 214 valence electrons. The van der Waals surface area contributed by atoms with Gasteiger partial charge in [-0.05, 0) is 85.8 Å². The number of hydrogen-bond acceptors (Lipinski definition) is 2. The molecule has 39 heavy (non-hydrogen) atoms. The van der Waals surface area contributed by atoms with Crippen molar-refractivity contribution in [3.8, 4) is 5.75 Å². The van der Waals surface area contributed by atoms with Crippen molar-refractivity contribution in [1.82, 2.24) is 0 Å². The molecule has 5 rings (SSSR count). The average Bonchev–Trinajstić information content (AvgIpc) is 3.44. The van der Waals surface area contributed by atoms with Gasteiger partial charge in [-0.15, -0.1) is 0 Å². The van der Waals surface area contributed by atoms with Gasteiger partial charge in [-0.3, -0.25) is 0 Å². The van der Waals surface area contributed by atoms with E-state index in [0.29, 0.717) is 24.9 Å². The normalized spacial score (nSPS) is 29.0. The molecule has 3 aliphatic rings. The van der Waals surface area contributed by atoms with Crippen molar-refractivity contribution in [2.75, 3.05) is 6.61 Å². The maximum Gasteiger partial charge on any atom is 0.432 e. The fraction of sp³-hybridized carbons (Fsp3) is 0.600. The Balaban J connectivity index is 1.20.